The van der Waals surface area contributed by atoms with Gasteiger partial charge in [-0.15, -0.1) is 0 Å². The highest BCUT2D eigenvalue weighted by molar-refractivity contribution is 6.31. The molecule has 1 aliphatic heterocycles. The first-order chi connectivity index (χ1) is 8.86. The van der Waals surface area contributed by atoms with Gasteiger partial charge in [0.05, 0.1) is 12.7 Å². The fourth-order valence-electron chi connectivity index (χ4n) is 2.36. The fraction of sp³-hybridized carbons (Fsp3) is 0.625. The molecule has 1 fully saturated rings. The smallest absolute Gasteiger partial charge is 0.0750 e. The van der Waals surface area contributed by atoms with Gasteiger partial charge in [-0.2, -0.15) is 0 Å². The SMILES string of the molecule is Cc1ccc(CN2CCOC(C(C)(C)C)C2)cc1Cl. The first-order valence-corrected chi connectivity index (χ1v) is 7.33. The van der Waals surface area contributed by atoms with Crippen molar-refractivity contribution in [2.75, 3.05) is 19.7 Å². The van der Waals surface area contributed by atoms with Gasteiger partial charge in [0.2, 0.25) is 0 Å². The maximum Gasteiger partial charge on any atom is 0.0750 e. The predicted molar refractivity (Wildman–Crippen MR) is 80.7 cm³/mol. The third-order valence-electron chi connectivity index (χ3n) is 3.76. The minimum atomic E-state index is 0.198. The van der Waals surface area contributed by atoms with Crippen LogP contribution in [0.25, 0.3) is 0 Å². The van der Waals surface area contributed by atoms with Gasteiger partial charge in [0.1, 0.15) is 0 Å². The topological polar surface area (TPSA) is 12.5 Å². The zero-order valence-electron chi connectivity index (χ0n) is 12.4. The third kappa shape index (κ3) is 3.95. The molecular formula is C16H24ClNO. The molecule has 1 aromatic carbocycles. The Balaban J connectivity index is 2.00. The van der Waals surface area contributed by atoms with Crippen molar-refractivity contribution in [1.82, 2.24) is 4.90 Å². The molecule has 1 aromatic rings. The van der Waals surface area contributed by atoms with E-state index in [0.29, 0.717) is 6.10 Å². The lowest BCUT2D eigenvalue weighted by Crippen LogP contribution is -2.47. The number of rotatable bonds is 2. The van der Waals surface area contributed by atoms with E-state index in [1.165, 1.54) is 5.56 Å². The Bertz CT molecular complexity index is 439. The summed E-state index contributed by atoms with van der Waals surface area (Å²) in [4.78, 5) is 2.46. The highest BCUT2D eigenvalue weighted by Crippen LogP contribution is 2.26. The van der Waals surface area contributed by atoms with Gasteiger partial charge >= 0.3 is 0 Å². The van der Waals surface area contributed by atoms with E-state index in [0.717, 1.165) is 36.8 Å². The van der Waals surface area contributed by atoms with Crippen molar-refractivity contribution in [3.05, 3.63) is 34.3 Å². The summed E-state index contributed by atoms with van der Waals surface area (Å²) in [5, 5.41) is 0.859. The molecule has 19 heavy (non-hydrogen) atoms. The van der Waals surface area contributed by atoms with Gasteiger partial charge in [-0.05, 0) is 29.5 Å². The van der Waals surface area contributed by atoms with Crippen molar-refractivity contribution in [1.29, 1.82) is 0 Å². The number of morpholine rings is 1. The average molecular weight is 282 g/mol. The lowest BCUT2D eigenvalue weighted by molar-refractivity contribution is -0.0816. The first kappa shape index (κ1) is 14.8. The Morgan fingerprint density at radius 3 is 2.74 bits per heavy atom. The monoisotopic (exact) mass is 281 g/mol. The molecule has 1 aliphatic rings. The predicted octanol–water partition coefficient (Wildman–Crippen LogP) is 3.90. The number of hydrogen-bond acceptors (Lipinski definition) is 2. The normalized spacial score (nSPS) is 21.6. The van der Waals surface area contributed by atoms with E-state index in [2.05, 4.69) is 43.9 Å². The Morgan fingerprint density at radius 1 is 1.37 bits per heavy atom. The van der Waals surface area contributed by atoms with Gasteiger partial charge < -0.3 is 4.74 Å². The summed E-state index contributed by atoms with van der Waals surface area (Å²) in [5.41, 5.74) is 2.62. The van der Waals surface area contributed by atoms with E-state index in [9.17, 15) is 0 Å². The Morgan fingerprint density at radius 2 is 2.11 bits per heavy atom. The van der Waals surface area contributed by atoms with Gasteiger partial charge in [-0.3, -0.25) is 4.90 Å². The maximum atomic E-state index is 6.19. The van der Waals surface area contributed by atoms with Crippen molar-refractivity contribution < 1.29 is 4.74 Å². The zero-order valence-corrected chi connectivity index (χ0v) is 13.1. The van der Waals surface area contributed by atoms with Crippen LogP contribution in [-0.4, -0.2) is 30.7 Å². The molecule has 3 heteroatoms. The number of benzene rings is 1. The largest absolute Gasteiger partial charge is 0.375 e. The minimum Gasteiger partial charge on any atom is -0.375 e. The van der Waals surface area contributed by atoms with E-state index < -0.39 is 0 Å². The molecule has 2 rings (SSSR count). The molecular weight excluding hydrogens is 258 g/mol. The van der Waals surface area contributed by atoms with Crippen molar-refractivity contribution in [3.63, 3.8) is 0 Å². The molecule has 0 radical (unpaired) electrons. The van der Waals surface area contributed by atoms with Crippen LogP contribution in [0.3, 0.4) is 0 Å². The highest BCUT2D eigenvalue weighted by Gasteiger charge is 2.30. The second-order valence-electron chi connectivity index (χ2n) is 6.54. The summed E-state index contributed by atoms with van der Waals surface area (Å²) in [6, 6.07) is 6.35. The summed E-state index contributed by atoms with van der Waals surface area (Å²) in [7, 11) is 0. The summed E-state index contributed by atoms with van der Waals surface area (Å²) in [5.74, 6) is 0. The van der Waals surface area contributed by atoms with E-state index in [4.69, 9.17) is 16.3 Å². The second kappa shape index (κ2) is 5.82. The van der Waals surface area contributed by atoms with Crippen molar-refractivity contribution in [2.45, 2.75) is 40.3 Å². The van der Waals surface area contributed by atoms with Gasteiger partial charge in [0, 0.05) is 24.7 Å². The van der Waals surface area contributed by atoms with E-state index in [-0.39, 0.29) is 5.41 Å². The molecule has 1 saturated heterocycles. The van der Waals surface area contributed by atoms with Crippen molar-refractivity contribution in [3.8, 4) is 0 Å². The standard InChI is InChI=1S/C16H24ClNO/c1-12-5-6-13(9-14(12)17)10-18-7-8-19-15(11-18)16(2,3)4/h5-6,9,15H,7-8,10-11H2,1-4H3. The molecule has 1 atom stereocenters. The van der Waals surface area contributed by atoms with Crippen LogP contribution in [0.5, 0.6) is 0 Å². The zero-order chi connectivity index (χ0) is 14.0. The average Bonchev–Trinajstić information content (AvgIpc) is 2.33. The first-order valence-electron chi connectivity index (χ1n) is 6.95. The van der Waals surface area contributed by atoms with Gasteiger partial charge in [0.25, 0.3) is 0 Å². The van der Waals surface area contributed by atoms with Gasteiger partial charge in [0.15, 0.2) is 0 Å². The molecule has 0 aromatic heterocycles. The number of nitrogens with zero attached hydrogens (tertiary/aromatic N) is 1. The molecule has 0 bridgehead atoms. The van der Waals surface area contributed by atoms with Crippen LogP contribution in [0, 0.1) is 12.3 Å². The third-order valence-corrected chi connectivity index (χ3v) is 4.17. The molecule has 1 heterocycles. The molecule has 0 saturated carbocycles. The maximum absolute atomic E-state index is 6.19. The summed E-state index contributed by atoms with van der Waals surface area (Å²) >= 11 is 6.19. The molecule has 0 N–H and O–H groups in total. The summed E-state index contributed by atoms with van der Waals surface area (Å²) < 4.78 is 5.89. The Labute approximate surface area is 121 Å². The van der Waals surface area contributed by atoms with E-state index in [1.807, 2.05) is 6.92 Å². The van der Waals surface area contributed by atoms with Crippen LogP contribution in [0.4, 0.5) is 0 Å². The van der Waals surface area contributed by atoms with Crippen LogP contribution < -0.4 is 0 Å². The Hall–Kier alpha value is -0.570. The molecule has 106 valence electrons. The van der Waals surface area contributed by atoms with Crippen LogP contribution in [0.2, 0.25) is 5.02 Å². The lowest BCUT2D eigenvalue weighted by Gasteiger charge is -2.39. The fourth-order valence-corrected chi connectivity index (χ4v) is 2.57. The van der Waals surface area contributed by atoms with Crippen LogP contribution >= 0.6 is 11.6 Å². The van der Waals surface area contributed by atoms with Crippen molar-refractivity contribution >= 4 is 11.6 Å². The van der Waals surface area contributed by atoms with Gasteiger partial charge in [-0.25, -0.2) is 0 Å². The lowest BCUT2D eigenvalue weighted by atomic mass is 9.88. The molecule has 0 amide bonds. The van der Waals surface area contributed by atoms with Gasteiger partial charge in [-0.1, -0.05) is 44.5 Å². The number of ether oxygens (including phenoxy) is 1. The highest BCUT2D eigenvalue weighted by atomic mass is 35.5. The number of aryl methyl sites for hydroxylation is 1. The Kier molecular flexibility index (Phi) is 4.54. The van der Waals surface area contributed by atoms with E-state index >= 15 is 0 Å². The van der Waals surface area contributed by atoms with Crippen molar-refractivity contribution in [2.24, 2.45) is 5.41 Å². The summed E-state index contributed by atoms with van der Waals surface area (Å²) in [6.07, 6.45) is 0.308. The van der Waals surface area contributed by atoms with E-state index in [1.54, 1.807) is 0 Å². The number of halogens is 1. The molecule has 0 aliphatic carbocycles. The van der Waals surface area contributed by atoms with Crippen LogP contribution in [-0.2, 0) is 11.3 Å². The molecule has 0 spiro atoms. The minimum absolute atomic E-state index is 0.198. The second-order valence-corrected chi connectivity index (χ2v) is 6.95. The molecule has 2 nitrogen and oxygen atoms in total. The van der Waals surface area contributed by atoms with Crippen LogP contribution in [0.15, 0.2) is 18.2 Å². The molecule has 1 unspecified atom stereocenters. The number of hydrogen-bond donors (Lipinski definition) is 0. The summed E-state index contributed by atoms with van der Waals surface area (Å²) in [6.45, 7) is 12.5. The van der Waals surface area contributed by atoms with Crippen LogP contribution in [0.1, 0.15) is 31.9 Å². The quantitative estimate of drug-likeness (QED) is 0.815.